The van der Waals surface area contributed by atoms with Crippen molar-refractivity contribution < 1.29 is 13.2 Å². The van der Waals surface area contributed by atoms with E-state index < -0.39 is 10.0 Å². The van der Waals surface area contributed by atoms with Crippen LogP contribution in [0.5, 0.6) is 0 Å². The summed E-state index contributed by atoms with van der Waals surface area (Å²) in [5.74, 6) is 2.63. The number of nitrogens with zero attached hydrogens (tertiary/aromatic N) is 1. The lowest BCUT2D eigenvalue weighted by Crippen LogP contribution is -2.48. The van der Waals surface area contributed by atoms with Crippen LogP contribution in [0.2, 0.25) is 0 Å². The van der Waals surface area contributed by atoms with E-state index in [1.54, 1.807) is 4.31 Å². The van der Waals surface area contributed by atoms with E-state index in [-0.39, 0.29) is 17.6 Å². The van der Waals surface area contributed by atoms with Crippen LogP contribution >= 0.6 is 0 Å². The molecule has 2 aromatic carbocycles. The Kier molecular flexibility index (Phi) is 6.00. The molecule has 4 saturated carbocycles. The third-order valence-corrected chi connectivity index (χ3v) is 11.1. The molecule has 5 fully saturated rings. The van der Waals surface area contributed by atoms with Gasteiger partial charge in [-0.15, -0.1) is 0 Å². The number of carbonyl (C=O) groups excluding carboxylic acids is 1. The first-order valence-corrected chi connectivity index (χ1v) is 14.9. The maximum atomic E-state index is 12.9. The van der Waals surface area contributed by atoms with Gasteiger partial charge >= 0.3 is 0 Å². The quantitative estimate of drug-likeness (QED) is 0.592. The van der Waals surface area contributed by atoms with Gasteiger partial charge in [0.05, 0.1) is 5.75 Å². The van der Waals surface area contributed by atoms with E-state index in [0.29, 0.717) is 31.3 Å². The van der Waals surface area contributed by atoms with E-state index in [4.69, 9.17) is 0 Å². The molecule has 4 aliphatic carbocycles. The number of piperidine rings is 1. The molecule has 2 aromatic rings. The number of carbonyl (C=O) groups is 1. The Labute approximate surface area is 209 Å². The van der Waals surface area contributed by atoms with E-state index >= 15 is 0 Å². The Morgan fingerprint density at radius 1 is 0.857 bits per heavy atom. The van der Waals surface area contributed by atoms with Gasteiger partial charge in [-0.2, -0.15) is 0 Å². The summed E-state index contributed by atoms with van der Waals surface area (Å²) in [6, 6.07) is 17.9. The van der Waals surface area contributed by atoms with Crippen LogP contribution < -0.4 is 5.32 Å². The lowest BCUT2D eigenvalue weighted by Gasteiger charge is -2.57. The highest BCUT2D eigenvalue weighted by Gasteiger charge is 2.51. The largest absolute Gasteiger partial charge is 0.326 e. The van der Waals surface area contributed by atoms with Gasteiger partial charge in [0.15, 0.2) is 0 Å². The molecule has 35 heavy (non-hydrogen) atoms. The normalized spacial score (nSPS) is 30.9. The molecular formula is C29H36N2O3S. The van der Waals surface area contributed by atoms with Gasteiger partial charge < -0.3 is 5.32 Å². The van der Waals surface area contributed by atoms with Gasteiger partial charge in [-0.25, -0.2) is 12.7 Å². The number of rotatable bonds is 6. The third-order valence-electron chi connectivity index (χ3n) is 9.21. The van der Waals surface area contributed by atoms with Crippen molar-refractivity contribution in [2.24, 2.45) is 23.7 Å². The molecule has 0 spiro atoms. The minimum atomic E-state index is -3.37. The predicted molar refractivity (Wildman–Crippen MR) is 138 cm³/mol. The van der Waals surface area contributed by atoms with E-state index in [9.17, 15) is 13.2 Å². The summed E-state index contributed by atoms with van der Waals surface area (Å²) in [7, 11) is -3.37. The van der Waals surface area contributed by atoms with Crippen molar-refractivity contribution >= 4 is 21.6 Å². The number of benzene rings is 2. The Balaban J connectivity index is 1.04. The fraction of sp³-hybridized carbons (Fsp3) is 0.552. The van der Waals surface area contributed by atoms with Gasteiger partial charge in [-0.3, -0.25) is 4.79 Å². The molecule has 5 aliphatic rings. The molecule has 1 N–H and O–H groups in total. The zero-order chi connectivity index (χ0) is 24.0. The second kappa shape index (κ2) is 9.04. The van der Waals surface area contributed by atoms with Crippen LogP contribution in [-0.2, 0) is 26.0 Å². The molecule has 0 unspecified atom stereocenters. The van der Waals surface area contributed by atoms with Crippen molar-refractivity contribution in [3.05, 3.63) is 65.7 Å². The average Bonchev–Trinajstić information content (AvgIpc) is 2.84. The first-order valence-electron chi connectivity index (χ1n) is 13.3. The molecule has 186 valence electrons. The molecule has 1 saturated heterocycles. The van der Waals surface area contributed by atoms with Gasteiger partial charge in [-0.1, -0.05) is 42.5 Å². The standard InChI is InChI=1S/C29H36N2O3S/c32-28(25-10-12-31(13-11-25)35(33,34)20-21-4-2-1-3-5-21)30-27-8-6-26(7-9-27)29-17-22-14-23(18-29)16-24(15-22)19-29/h1-9,22-25H,10-20H2,(H,30,32). The van der Waals surface area contributed by atoms with Crippen LogP contribution in [0.1, 0.15) is 62.5 Å². The third kappa shape index (κ3) is 4.67. The maximum absolute atomic E-state index is 12.9. The molecule has 4 bridgehead atoms. The molecule has 0 radical (unpaired) electrons. The molecule has 7 rings (SSSR count). The van der Waals surface area contributed by atoms with Crippen molar-refractivity contribution in [3.63, 3.8) is 0 Å². The lowest BCUT2D eigenvalue weighted by molar-refractivity contribution is -0.120. The molecule has 5 nitrogen and oxygen atoms in total. The summed E-state index contributed by atoms with van der Waals surface area (Å²) in [6.45, 7) is 0.802. The van der Waals surface area contributed by atoms with Crippen LogP contribution in [-0.4, -0.2) is 31.7 Å². The monoisotopic (exact) mass is 492 g/mol. The van der Waals surface area contributed by atoms with Crippen molar-refractivity contribution in [1.82, 2.24) is 4.31 Å². The highest BCUT2D eigenvalue weighted by atomic mass is 32.2. The van der Waals surface area contributed by atoms with E-state index in [1.807, 2.05) is 30.3 Å². The summed E-state index contributed by atoms with van der Waals surface area (Å²) in [4.78, 5) is 12.9. The molecular weight excluding hydrogens is 456 g/mol. The summed E-state index contributed by atoms with van der Waals surface area (Å²) >= 11 is 0. The maximum Gasteiger partial charge on any atom is 0.227 e. The first kappa shape index (κ1) is 23.2. The lowest BCUT2D eigenvalue weighted by atomic mass is 9.48. The number of hydrogen-bond acceptors (Lipinski definition) is 3. The smallest absolute Gasteiger partial charge is 0.227 e. The van der Waals surface area contributed by atoms with Crippen molar-refractivity contribution in [1.29, 1.82) is 0 Å². The number of anilines is 1. The zero-order valence-corrected chi connectivity index (χ0v) is 21.2. The van der Waals surface area contributed by atoms with Crippen molar-refractivity contribution in [2.45, 2.75) is 62.5 Å². The van der Waals surface area contributed by atoms with Gasteiger partial charge in [0, 0.05) is 24.7 Å². The van der Waals surface area contributed by atoms with Gasteiger partial charge in [-0.05, 0) is 97.8 Å². The summed E-state index contributed by atoms with van der Waals surface area (Å²) in [5, 5.41) is 3.10. The Morgan fingerprint density at radius 2 is 1.43 bits per heavy atom. The van der Waals surface area contributed by atoms with Crippen LogP contribution in [0.15, 0.2) is 54.6 Å². The predicted octanol–water partition coefficient (Wildman–Crippen LogP) is 5.33. The first-order chi connectivity index (χ1) is 16.9. The minimum Gasteiger partial charge on any atom is -0.326 e. The summed E-state index contributed by atoms with van der Waals surface area (Å²) in [6.07, 6.45) is 9.49. The van der Waals surface area contributed by atoms with Crippen LogP contribution in [0.25, 0.3) is 0 Å². The Bertz CT molecular complexity index is 1130. The molecule has 0 aromatic heterocycles. The second-order valence-electron chi connectivity index (χ2n) is 11.7. The zero-order valence-electron chi connectivity index (χ0n) is 20.4. The van der Waals surface area contributed by atoms with E-state index in [1.165, 1.54) is 44.1 Å². The Hall–Kier alpha value is -2.18. The molecule has 1 heterocycles. The van der Waals surface area contributed by atoms with Crippen LogP contribution in [0.4, 0.5) is 5.69 Å². The van der Waals surface area contributed by atoms with Gasteiger partial charge in [0.2, 0.25) is 15.9 Å². The number of sulfonamides is 1. The van der Waals surface area contributed by atoms with Gasteiger partial charge in [0.25, 0.3) is 0 Å². The molecule has 6 heteroatoms. The van der Waals surface area contributed by atoms with Crippen LogP contribution in [0, 0.1) is 23.7 Å². The van der Waals surface area contributed by atoms with Gasteiger partial charge in [0.1, 0.15) is 0 Å². The second-order valence-corrected chi connectivity index (χ2v) is 13.6. The molecule has 0 atom stereocenters. The summed E-state index contributed by atoms with van der Waals surface area (Å²) < 4.78 is 27.2. The molecule has 1 amide bonds. The Morgan fingerprint density at radius 3 is 2.00 bits per heavy atom. The topological polar surface area (TPSA) is 66.5 Å². The number of amides is 1. The average molecular weight is 493 g/mol. The van der Waals surface area contributed by atoms with Crippen molar-refractivity contribution in [3.8, 4) is 0 Å². The number of nitrogens with one attached hydrogen (secondary N) is 1. The molecule has 1 aliphatic heterocycles. The van der Waals surface area contributed by atoms with Crippen LogP contribution in [0.3, 0.4) is 0 Å². The van der Waals surface area contributed by atoms with E-state index in [2.05, 4.69) is 29.6 Å². The highest BCUT2D eigenvalue weighted by molar-refractivity contribution is 7.88. The number of hydrogen-bond donors (Lipinski definition) is 1. The minimum absolute atomic E-state index is 0.00709. The fourth-order valence-electron chi connectivity index (χ4n) is 7.89. The fourth-order valence-corrected chi connectivity index (χ4v) is 9.45. The van der Waals surface area contributed by atoms with E-state index in [0.717, 1.165) is 29.0 Å². The summed E-state index contributed by atoms with van der Waals surface area (Å²) in [5.41, 5.74) is 3.48. The van der Waals surface area contributed by atoms with Crippen molar-refractivity contribution in [2.75, 3.05) is 18.4 Å². The highest BCUT2D eigenvalue weighted by Crippen LogP contribution is 2.60. The SMILES string of the molecule is O=C(Nc1ccc(C23CC4CC(CC(C4)C2)C3)cc1)C1CCN(S(=O)(=O)Cc2ccccc2)CC1.